The Bertz CT molecular complexity index is 154. The molecule has 1 N–H and O–H groups in total. The van der Waals surface area contributed by atoms with Crippen LogP contribution in [-0.4, -0.2) is 44.8 Å². The molecule has 0 radical (unpaired) electrons. The van der Waals surface area contributed by atoms with Crippen molar-refractivity contribution in [2.24, 2.45) is 4.99 Å². The van der Waals surface area contributed by atoms with E-state index < -0.39 is 0 Å². The molecule has 1 atom stereocenters. The lowest BCUT2D eigenvalue weighted by atomic mass is 10.3. The van der Waals surface area contributed by atoms with E-state index in [-0.39, 0.29) is 0 Å². The maximum absolute atomic E-state index is 3.76. The van der Waals surface area contributed by atoms with Gasteiger partial charge in [-0.3, -0.25) is 9.89 Å². The number of aliphatic imine (C=N–C) groups is 1. The zero-order chi connectivity index (χ0) is 9.56. The summed E-state index contributed by atoms with van der Waals surface area (Å²) in [5.74, 6) is 0. The zero-order valence-corrected chi connectivity index (χ0v) is 8.30. The summed E-state index contributed by atoms with van der Waals surface area (Å²) in [5.41, 5.74) is 0.820. The average Bonchev–Trinajstić information content (AvgIpc) is 2.04. The molecule has 0 rings (SSSR count). The quantitative estimate of drug-likeness (QED) is 0.594. The predicted molar refractivity (Wildman–Crippen MR) is 54.7 cm³/mol. The number of hydrogen-bond donors (Lipinski definition) is 1. The second-order valence-corrected chi connectivity index (χ2v) is 3.05. The van der Waals surface area contributed by atoms with Gasteiger partial charge in [0.2, 0.25) is 0 Å². The van der Waals surface area contributed by atoms with Gasteiger partial charge in [0.25, 0.3) is 0 Å². The van der Waals surface area contributed by atoms with Gasteiger partial charge in [-0.15, -0.1) is 0 Å². The first-order chi connectivity index (χ1) is 5.61. The number of rotatable bonds is 6. The third kappa shape index (κ3) is 4.26. The van der Waals surface area contributed by atoms with Gasteiger partial charge in [0.1, 0.15) is 0 Å². The van der Waals surface area contributed by atoms with Crippen LogP contribution in [0.2, 0.25) is 0 Å². The Morgan fingerprint density at radius 2 is 2.25 bits per heavy atom. The molecule has 3 heteroatoms. The van der Waals surface area contributed by atoms with Crippen molar-refractivity contribution in [3.05, 3.63) is 12.3 Å². The van der Waals surface area contributed by atoms with Crippen LogP contribution in [0.4, 0.5) is 0 Å². The normalized spacial score (nSPS) is 13.0. The minimum absolute atomic E-state index is 0.494. The van der Waals surface area contributed by atoms with E-state index in [1.54, 1.807) is 0 Å². The predicted octanol–water partition coefficient (Wildman–Crippen LogP) is 0.740. The molecule has 0 aliphatic rings. The molecule has 0 fully saturated rings. The molecule has 0 amide bonds. The van der Waals surface area contributed by atoms with Crippen LogP contribution in [0.5, 0.6) is 0 Å². The fourth-order valence-electron chi connectivity index (χ4n) is 0.945. The third-order valence-electron chi connectivity index (χ3n) is 1.91. The second kappa shape index (κ2) is 5.91. The van der Waals surface area contributed by atoms with Crippen LogP contribution in [0, 0.1) is 0 Å². The summed E-state index contributed by atoms with van der Waals surface area (Å²) < 4.78 is 0. The van der Waals surface area contributed by atoms with Gasteiger partial charge < -0.3 is 5.32 Å². The monoisotopic (exact) mass is 169 g/mol. The van der Waals surface area contributed by atoms with Crippen molar-refractivity contribution in [2.45, 2.75) is 13.0 Å². The molecule has 0 aromatic carbocycles. The Morgan fingerprint density at radius 1 is 1.67 bits per heavy atom. The van der Waals surface area contributed by atoms with Crippen LogP contribution in [0.3, 0.4) is 0 Å². The summed E-state index contributed by atoms with van der Waals surface area (Å²) in [5, 5.41) is 3.12. The van der Waals surface area contributed by atoms with Crippen LogP contribution in [0.25, 0.3) is 0 Å². The Hall–Kier alpha value is -0.670. The molecule has 0 aliphatic carbocycles. The molecule has 0 spiro atoms. The van der Waals surface area contributed by atoms with E-state index in [2.05, 4.69) is 42.5 Å². The van der Waals surface area contributed by atoms with Gasteiger partial charge >= 0.3 is 0 Å². The standard InChI is InChI=1S/C9H19N3/c1-8(11-4)7-12(5)9(2)6-10-3/h9-10H,1,4,6-7H2,2-3,5H3/t9-/m1/s1. The molecule has 0 saturated carbocycles. The van der Waals surface area contributed by atoms with Gasteiger partial charge in [-0.25, -0.2) is 0 Å². The molecule has 0 aromatic rings. The SMILES string of the molecule is C=NC(=C)CN(C)[C@H](C)CNC. The number of nitrogens with zero attached hydrogens (tertiary/aromatic N) is 2. The molecular weight excluding hydrogens is 150 g/mol. The van der Waals surface area contributed by atoms with Crippen molar-refractivity contribution >= 4 is 6.72 Å². The van der Waals surface area contributed by atoms with Crippen LogP contribution in [0.15, 0.2) is 17.3 Å². The minimum atomic E-state index is 0.494. The van der Waals surface area contributed by atoms with Crippen molar-refractivity contribution in [1.29, 1.82) is 0 Å². The second-order valence-electron chi connectivity index (χ2n) is 3.05. The molecule has 0 bridgehead atoms. The smallest absolute Gasteiger partial charge is 0.0465 e. The molecular formula is C9H19N3. The van der Waals surface area contributed by atoms with E-state index in [0.29, 0.717) is 6.04 Å². The van der Waals surface area contributed by atoms with E-state index >= 15 is 0 Å². The van der Waals surface area contributed by atoms with Gasteiger partial charge in [0, 0.05) is 24.8 Å². The summed E-state index contributed by atoms with van der Waals surface area (Å²) in [6.07, 6.45) is 0. The maximum Gasteiger partial charge on any atom is 0.0465 e. The molecule has 0 aliphatic heterocycles. The van der Waals surface area contributed by atoms with Crippen LogP contribution < -0.4 is 5.32 Å². The highest BCUT2D eigenvalue weighted by Gasteiger charge is 2.07. The fraction of sp³-hybridized carbons (Fsp3) is 0.667. The van der Waals surface area contributed by atoms with E-state index in [1.807, 2.05) is 7.05 Å². The van der Waals surface area contributed by atoms with Gasteiger partial charge in [-0.05, 0) is 27.7 Å². The highest BCUT2D eigenvalue weighted by molar-refractivity contribution is 5.28. The number of likely N-dealkylation sites (N-methyl/N-ethyl adjacent to an activating group) is 2. The lowest BCUT2D eigenvalue weighted by Gasteiger charge is -2.23. The molecule has 70 valence electrons. The first kappa shape index (κ1) is 11.3. The van der Waals surface area contributed by atoms with Gasteiger partial charge in [0.15, 0.2) is 0 Å². The van der Waals surface area contributed by atoms with Crippen molar-refractivity contribution in [1.82, 2.24) is 10.2 Å². The van der Waals surface area contributed by atoms with Gasteiger partial charge in [-0.1, -0.05) is 6.58 Å². The van der Waals surface area contributed by atoms with Crippen LogP contribution in [0.1, 0.15) is 6.92 Å². The Labute approximate surface area is 75.2 Å². The van der Waals surface area contributed by atoms with E-state index in [4.69, 9.17) is 0 Å². The zero-order valence-electron chi connectivity index (χ0n) is 8.30. The molecule has 0 unspecified atom stereocenters. The summed E-state index contributed by atoms with van der Waals surface area (Å²) in [7, 11) is 4.00. The molecule has 3 nitrogen and oxygen atoms in total. The lowest BCUT2D eigenvalue weighted by Crippen LogP contribution is -2.37. The Morgan fingerprint density at radius 3 is 2.67 bits per heavy atom. The maximum atomic E-state index is 3.76. The summed E-state index contributed by atoms with van der Waals surface area (Å²) in [4.78, 5) is 5.95. The topological polar surface area (TPSA) is 27.6 Å². The lowest BCUT2D eigenvalue weighted by molar-refractivity contribution is 0.274. The van der Waals surface area contributed by atoms with Gasteiger partial charge in [0.05, 0.1) is 0 Å². The Balaban J connectivity index is 3.77. The first-order valence-electron chi connectivity index (χ1n) is 4.11. The summed E-state index contributed by atoms with van der Waals surface area (Å²) >= 11 is 0. The van der Waals surface area contributed by atoms with Crippen molar-refractivity contribution < 1.29 is 0 Å². The number of nitrogens with one attached hydrogen (secondary N) is 1. The minimum Gasteiger partial charge on any atom is -0.318 e. The molecule has 0 aromatic heterocycles. The van der Waals surface area contributed by atoms with Crippen molar-refractivity contribution in [3.8, 4) is 0 Å². The van der Waals surface area contributed by atoms with E-state index in [9.17, 15) is 0 Å². The van der Waals surface area contributed by atoms with E-state index in [0.717, 1.165) is 18.8 Å². The highest BCUT2D eigenvalue weighted by atomic mass is 15.1. The summed E-state index contributed by atoms with van der Waals surface area (Å²) in [6, 6.07) is 0.494. The third-order valence-corrected chi connectivity index (χ3v) is 1.91. The van der Waals surface area contributed by atoms with E-state index in [1.165, 1.54) is 0 Å². The summed E-state index contributed by atoms with van der Waals surface area (Å²) in [6.45, 7) is 11.1. The molecule has 0 heterocycles. The van der Waals surface area contributed by atoms with Crippen molar-refractivity contribution in [2.75, 3.05) is 27.2 Å². The fourth-order valence-corrected chi connectivity index (χ4v) is 0.945. The molecule has 12 heavy (non-hydrogen) atoms. The van der Waals surface area contributed by atoms with Crippen LogP contribution >= 0.6 is 0 Å². The largest absolute Gasteiger partial charge is 0.318 e. The number of hydrogen-bond acceptors (Lipinski definition) is 3. The average molecular weight is 169 g/mol. The van der Waals surface area contributed by atoms with Crippen LogP contribution in [-0.2, 0) is 0 Å². The molecule has 0 saturated heterocycles. The first-order valence-corrected chi connectivity index (χ1v) is 4.11. The van der Waals surface area contributed by atoms with Gasteiger partial charge in [-0.2, -0.15) is 0 Å². The van der Waals surface area contributed by atoms with Crippen molar-refractivity contribution in [3.63, 3.8) is 0 Å². The highest BCUT2D eigenvalue weighted by Crippen LogP contribution is 1.99. The Kier molecular flexibility index (Phi) is 5.58.